The summed E-state index contributed by atoms with van der Waals surface area (Å²) in [6.07, 6.45) is 0. The molecule has 0 aliphatic heterocycles. The average Bonchev–Trinajstić information content (AvgIpc) is 3.01. The number of carbonyl (C=O) groups is 3. The second-order valence-electron chi connectivity index (χ2n) is 5.92. The molecule has 0 aliphatic rings. The molecule has 1 aromatic heterocycles. The molecular formula is C19H18N4O3S. The van der Waals surface area contributed by atoms with Crippen molar-refractivity contribution in [2.75, 3.05) is 10.6 Å². The highest BCUT2D eigenvalue weighted by Gasteiger charge is 2.12. The molecule has 8 heteroatoms. The van der Waals surface area contributed by atoms with Crippen molar-refractivity contribution in [1.82, 2.24) is 10.3 Å². The number of thiazole rings is 1. The molecule has 0 spiro atoms. The van der Waals surface area contributed by atoms with E-state index in [4.69, 9.17) is 0 Å². The van der Waals surface area contributed by atoms with E-state index in [9.17, 15) is 14.4 Å². The van der Waals surface area contributed by atoms with E-state index in [0.717, 1.165) is 15.2 Å². The molecule has 0 aliphatic carbocycles. The zero-order valence-corrected chi connectivity index (χ0v) is 15.6. The summed E-state index contributed by atoms with van der Waals surface area (Å²) in [4.78, 5) is 39.7. The molecule has 0 saturated carbocycles. The number of amides is 3. The fraction of sp³-hybridized carbons (Fsp3) is 0.158. The van der Waals surface area contributed by atoms with Crippen LogP contribution in [0.15, 0.2) is 42.5 Å². The summed E-state index contributed by atoms with van der Waals surface area (Å²) in [5.41, 5.74) is 2.08. The topological polar surface area (TPSA) is 100 Å². The van der Waals surface area contributed by atoms with Crippen LogP contribution in [0.4, 0.5) is 11.4 Å². The Balaban J connectivity index is 1.77. The zero-order valence-electron chi connectivity index (χ0n) is 14.8. The highest BCUT2D eigenvalue weighted by atomic mass is 32.1. The van der Waals surface area contributed by atoms with Crippen LogP contribution in [0.1, 0.15) is 29.2 Å². The minimum Gasteiger partial charge on any atom is -0.346 e. The number of hydrogen-bond acceptors (Lipinski definition) is 5. The Morgan fingerprint density at radius 3 is 2.19 bits per heavy atom. The van der Waals surface area contributed by atoms with Crippen molar-refractivity contribution in [3.05, 3.63) is 53.0 Å². The lowest BCUT2D eigenvalue weighted by Crippen LogP contribution is -2.23. The van der Waals surface area contributed by atoms with Gasteiger partial charge in [-0.05, 0) is 30.3 Å². The molecular weight excluding hydrogens is 364 g/mol. The summed E-state index contributed by atoms with van der Waals surface area (Å²) in [6, 6.07) is 12.5. The summed E-state index contributed by atoms with van der Waals surface area (Å²) >= 11 is 1.52. The lowest BCUT2D eigenvalue weighted by atomic mass is 10.1. The first kappa shape index (κ1) is 18.5. The van der Waals surface area contributed by atoms with E-state index in [1.165, 1.54) is 25.2 Å². The van der Waals surface area contributed by atoms with Gasteiger partial charge in [0, 0.05) is 30.8 Å². The molecule has 138 valence electrons. The highest BCUT2D eigenvalue weighted by molar-refractivity contribution is 7.18. The van der Waals surface area contributed by atoms with Crippen LogP contribution in [0.3, 0.4) is 0 Å². The molecule has 3 N–H and O–H groups in total. The minimum atomic E-state index is -0.326. The number of fused-ring (bicyclic) bond motifs is 1. The van der Waals surface area contributed by atoms with Crippen molar-refractivity contribution in [3.63, 3.8) is 0 Å². The maximum Gasteiger partial charge on any atom is 0.251 e. The number of aromatic nitrogens is 1. The van der Waals surface area contributed by atoms with E-state index in [2.05, 4.69) is 20.9 Å². The maximum absolute atomic E-state index is 12.5. The first-order valence-electron chi connectivity index (χ1n) is 8.23. The lowest BCUT2D eigenvalue weighted by Gasteiger charge is -2.10. The monoisotopic (exact) mass is 382 g/mol. The molecule has 0 radical (unpaired) electrons. The van der Waals surface area contributed by atoms with Gasteiger partial charge in [-0.15, -0.1) is 11.3 Å². The van der Waals surface area contributed by atoms with Crippen LogP contribution in [-0.2, 0) is 16.1 Å². The van der Waals surface area contributed by atoms with Gasteiger partial charge < -0.3 is 16.0 Å². The van der Waals surface area contributed by atoms with Crippen LogP contribution in [0.2, 0.25) is 0 Å². The first-order chi connectivity index (χ1) is 12.9. The van der Waals surface area contributed by atoms with Gasteiger partial charge >= 0.3 is 0 Å². The summed E-state index contributed by atoms with van der Waals surface area (Å²) in [7, 11) is 0. The van der Waals surface area contributed by atoms with Crippen molar-refractivity contribution in [2.45, 2.75) is 20.4 Å². The number of carbonyl (C=O) groups excluding carboxylic acids is 3. The molecule has 27 heavy (non-hydrogen) atoms. The standard InChI is InChI=1S/C19H18N4O3S/c1-11(24)21-14-7-13(8-15(9-14)22-12(2)25)19(26)20-10-18-23-16-5-3-4-6-17(16)27-18/h3-9H,10H2,1-2H3,(H,20,26)(H,21,24)(H,22,25). The number of rotatable bonds is 5. The van der Waals surface area contributed by atoms with Crippen molar-refractivity contribution in [1.29, 1.82) is 0 Å². The molecule has 0 unspecified atom stereocenters. The Morgan fingerprint density at radius 1 is 0.963 bits per heavy atom. The number of nitrogens with zero attached hydrogens (tertiary/aromatic N) is 1. The number of anilines is 2. The predicted molar refractivity (Wildman–Crippen MR) is 106 cm³/mol. The Hall–Kier alpha value is -3.26. The Labute approximate surface area is 159 Å². The smallest absolute Gasteiger partial charge is 0.251 e. The highest BCUT2D eigenvalue weighted by Crippen LogP contribution is 2.22. The summed E-state index contributed by atoms with van der Waals surface area (Å²) in [5.74, 6) is -0.861. The third-order valence-corrected chi connectivity index (χ3v) is 4.61. The van der Waals surface area contributed by atoms with Crippen molar-refractivity contribution in [2.24, 2.45) is 0 Å². The Bertz CT molecular complexity index is 961. The Morgan fingerprint density at radius 2 is 1.59 bits per heavy atom. The van der Waals surface area contributed by atoms with Gasteiger partial charge in [0.2, 0.25) is 11.8 Å². The van der Waals surface area contributed by atoms with Crippen molar-refractivity contribution in [3.8, 4) is 0 Å². The zero-order chi connectivity index (χ0) is 19.4. The van der Waals surface area contributed by atoms with Gasteiger partial charge in [0.05, 0.1) is 16.8 Å². The van der Waals surface area contributed by atoms with Crippen molar-refractivity contribution >= 4 is 50.6 Å². The molecule has 7 nitrogen and oxygen atoms in total. The van der Waals surface area contributed by atoms with E-state index in [1.54, 1.807) is 18.2 Å². The molecule has 0 atom stereocenters. The lowest BCUT2D eigenvalue weighted by molar-refractivity contribution is -0.115. The molecule has 0 bridgehead atoms. The predicted octanol–water partition coefficient (Wildman–Crippen LogP) is 3.14. The average molecular weight is 382 g/mol. The van der Waals surface area contributed by atoms with Gasteiger partial charge in [-0.25, -0.2) is 4.98 Å². The van der Waals surface area contributed by atoms with E-state index in [-0.39, 0.29) is 24.3 Å². The number of benzene rings is 2. The maximum atomic E-state index is 12.5. The summed E-state index contributed by atoms with van der Waals surface area (Å²) in [5, 5.41) is 8.87. The third kappa shape index (κ3) is 4.89. The molecule has 3 aromatic rings. The van der Waals surface area contributed by atoms with Crippen LogP contribution in [-0.4, -0.2) is 22.7 Å². The van der Waals surface area contributed by atoms with E-state index in [1.807, 2.05) is 24.3 Å². The van der Waals surface area contributed by atoms with Gasteiger partial charge in [0.25, 0.3) is 5.91 Å². The molecule has 2 aromatic carbocycles. The largest absolute Gasteiger partial charge is 0.346 e. The number of para-hydroxylation sites is 1. The fourth-order valence-electron chi connectivity index (χ4n) is 2.56. The number of hydrogen-bond donors (Lipinski definition) is 3. The van der Waals surface area contributed by atoms with Crippen LogP contribution in [0.5, 0.6) is 0 Å². The van der Waals surface area contributed by atoms with Crippen molar-refractivity contribution < 1.29 is 14.4 Å². The van der Waals surface area contributed by atoms with Gasteiger partial charge in [-0.2, -0.15) is 0 Å². The molecule has 0 saturated heterocycles. The molecule has 1 heterocycles. The molecule has 0 fully saturated rings. The first-order valence-corrected chi connectivity index (χ1v) is 9.05. The number of nitrogens with one attached hydrogen (secondary N) is 3. The second-order valence-corrected chi connectivity index (χ2v) is 7.03. The quantitative estimate of drug-likeness (QED) is 0.631. The van der Waals surface area contributed by atoms with Crippen LogP contribution in [0.25, 0.3) is 10.2 Å². The van der Waals surface area contributed by atoms with E-state index >= 15 is 0 Å². The fourth-order valence-corrected chi connectivity index (χ4v) is 3.47. The van der Waals surface area contributed by atoms with Gasteiger partial charge in [-0.1, -0.05) is 12.1 Å². The van der Waals surface area contributed by atoms with Gasteiger partial charge in [0.15, 0.2) is 0 Å². The normalized spacial score (nSPS) is 10.4. The minimum absolute atomic E-state index is 0.268. The third-order valence-electron chi connectivity index (χ3n) is 3.57. The van der Waals surface area contributed by atoms with Crippen LogP contribution < -0.4 is 16.0 Å². The van der Waals surface area contributed by atoms with E-state index < -0.39 is 0 Å². The summed E-state index contributed by atoms with van der Waals surface area (Å²) < 4.78 is 1.06. The SMILES string of the molecule is CC(=O)Nc1cc(NC(C)=O)cc(C(=O)NCc2nc3ccccc3s2)c1. The second kappa shape index (κ2) is 7.96. The molecule has 3 rings (SSSR count). The van der Waals surface area contributed by atoms with Gasteiger partial charge in [0.1, 0.15) is 5.01 Å². The van der Waals surface area contributed by atoms with E-state index in [0.29, 0.717) is 16.9 Å². The van der Waals surface area contributed by atoms with Crippen LogP contribution in [0, 0.1) is 0 Å². The Kier molecular flexibility index (Phi) is 5.46. The van der Waals surface area contributed by atoms with Crippen LogP contribution >= 0.6 is 11.3 Å². The molecule has 3 amide bonds. The summed E-state index contributed by atoms with van der Waals surface area (Å²) in [6.45, 7) is 3.04. The van der Waals surface area contributed by atoms with Gasteiger partial charge in [-0.3, -0.25) is 14.4 Å².